The highest BCUT2D eigenvalue weighted by molar-refractivity contribution is 5.94. The quantitative estimate of drug-likeness (QED) is 0.913. The van der Waals surface area contributed by atoms with Crippen molar-refractivity contribution in [2.24, 2.45) is 5.92 Å². The predicted octanol–water partition coefficient (Wildman–Crippen LogP) is 3.45. The van der Waals surface area contributed by atoms with Crippen molar-refractivity contribution in [1.29, 1.82) is 0 Å². The summed E-state index contributed by atoms with van der Waals surface area (Å²) < 4.78 is 0. The Balaban J connectivity index is 0.00000192. The zero-order chi connectivity index (χ0) is 15.4. The Morgan fingerprint density at radius 2 is 1.87 bits per heavy atom. The fraction of sp³-hybridized carbons (Fsp3) is 0.632. The number of carbonyl (C=O) groups excluding carboxylic acids is 1. The van der Waals surface area contributed by atoms with Crippen LogP contribution in [0, 0.1) is 5.92 Å². The Morgan fingerprint density at radius 1 is 1.17 bits per heavy atom. The van der Waals surface area contributed by atoms with Crippen LogP contribution in [0.4, 0.5) is 0 Å². The summed E-state index contributed by atoms with van der Waals surface area (Å²) in [7, 11) is 2.01. The van der Waals surface area contributed by atoms with Crippen LogP contribution in [-0.2, 0) is 12.8 Å². The van der Waals surface area contributed by atoms with Crippen molar-refractivity contribution in [2.75, 3.05) is 26.7 Å². The molecule has 0 radical (unpaired) electrons. The molecule has 1 aliphatic heterocycles. The molecular weight excluding hydrogens is 308 g/mol. The van der Waals surface area contributed by atoms with E-state index in [2.05, 4.69) is 22.3 Å². The third-order valence-electron chi connectivity index (χ3n) is 5.30. The van der Waals surface area contributed by atoms with Crippen LogP contribution >= 0.6 is 12.4 Å². The molecule has 1 fully saturated rings. The largest absolute Gasteiger partial charge is 0.339 e. The second kappa shape index (κ2) is 8.70. The van der Waals surface area contributed by atoms with Gasteiger partial charge in [0, 0.05) is 18.7 Å². The maximum absolute atomic E-state index is 12.7. The zero-order valence-corrected chi connectivity index (χ0v) is 15.0. The maximum atomic E-state index is 12.7. The van der Waals surface area contributed by atoms with Crippen LogP contribution in [0.3, 0.4) is 0 Å². The molecule has 0 saturated carbocycles. The molecule has 0 aromatic heterocycles. The van der Waals surface area contributed by atoms with Gasteiger partial charge in [-0.25, -0.2) is 0 Å². The summed E-state index contributed by atoms with van der Waals surface area (Å²) in [6, 6.07) is 6.38. The summed E-state index contributed by atoms with van der Waals surface area (Å²) in [5.74, 6) is 1.01. The molecule has 1 amide bonds. The van der Waals surface area contributed by atoms with E-state index in [-0.39, 0.29) is 18.3 Å². The topological polar surface area (TPSA) is 32.3 Å². The monoisotopic (exact) mass is 336 g/mol. The Labute approximate surface area is 146 Å². The van der Waals surface area contributed by atoms with Crippen molar-refractivity contribution in [3.8, 4) is 0 Å². The van der Waals surface area contributed by atoms with Gasteiger partial charge in [-0.05, 0) is 87.7 Å². The van der Waals surface area contributed by atoms with Gasteiger partial charge in [0.2, 0.25) is 0 Å². The van der Waals surface area contributed by atoms with Crippen LogP contribution in [0.25, 0.3) is 0 Å². The number of amides is 1. The number of hydrogen-bond acceptors (Lipinski definition) is 2. The summed E-state index contributed by atoms with van der Waals surface area (Å²) >= 11 is 0. The first-order valence-corrected chi connectivity index (χ1v) is 8.83. The average molecular weight is 337 g/mol. The number of hydrogen-bond donors (Lipinski definition) is 1. The van der Waals surface area contributed by atoms with E-state index in [0.29, 0.717) is 0 Å². The summed E-state index contributed by atoms with van der Waals surface area (Å²) in [5.41, 5.74) is 3.75. The molecule has 4 heteroatoms. The Kier molecular flexibility index (Phi) is 6.91. The number of carbonyl (C=O) groups is 1. The number of halogens is 1. The molecule has 1 aromatic rings. The zero-order valence-electron chi connectivity index (χ0n) is 14.1. The van der Waals surface area contributed by atoms with Gasteiger partial charge in [0.1, 0.15) is 0 Å². The smallest absolute Gasteiger partial charge is 0.253 e. The first-order valence-electron chi connectivity index (χ1n) is 8.83. The molecule has 1 aromatic carbocycles. The number of piperidine rings is 1. The molecule has 0 atom stereocenters. The first-order chi connectivity index (χ1) is 10.8. The molecule has 1 saturated heterocycles. The van der Waals surface area contributed by atoms with Crippen molar-refractivity contribution >= 4 is 18.3 Å². The van der Waals surface area contributed by atoms with Crippen molar-refractivity contribution in [3.05, 3.63) is 34.9 Å². The van der Waals surface area contributed by atoms with E-state index in [1.807, 2.05) is 13.1 Å². The number of aryl methyl sites for hydroxylation is 2. The van der Waals surface area contributed by atoms with E-state index < -0.39 is 0 Å². The van der Waals surface area contributed by atoms with Crippen LogP contribution in [0.1, 0.15) is 53.6 Å². The molecule has 1 N–H and O–H groups in total. The number of nitrogens with zero attached hydrogens (tertiary/aromatic N) is 1. The SMILES string of the molecule is CNCCC1CCN(C(=O)c2ccc3c(c2)CCCC3)CC1.Cl. The fourth-order valence-corrected chi connectivity index (χ4v) is 3.82. The summed E-state index contributed by atoms with van der Waals surface area (Å²) in [4.78, 5) is 14.8. The van der Waals surface area contributed by atoms with Gasteiger partial charge in [0.15, 0.2) is 0 Å². The molecule has 0 bridgehead atoms. The molecule has 1 aliphatic carbocycles. The van der Waals surface area contributed by atoms with E-state index in [4.69, 9.17) is 0 Å². The number of likely N-dealkylation sites (tertiary alicyclic amines) is 1. The Hall–Kier alpha value is -1.06. The molecule has 3 nitrogen and oxygen atoms in total. The first kappa shape index (κ1) is 18.3. The number of nitrogens with one attached hydrogen (secondary N) is 1. The third-order valence-corrected chi connectivity index (χ3v) is 5.30. The van der Waals surface area contributed by atoms with Gasteiger partial charge in [0.25, 0.3) is 5.91 Å². The lowest BCUT2D eigenvalue weighted by atomic mass is 9.89. The minimum atomic E-state index is 0. The van der Waals surface area contributed by atoms with Crippen molar-refractivity contribution in [1.82, 2.24) is 10.2 Å². The highest BCUT2D eigenvalue weighted by Crippen LogP contribution is 2.25. The van der Waals surface area contributed by atoms with Gasteiger partial charge < -0.3 is 10.2 Å². The summed E-state index contributed by atoms with van der Waals surface area (Å²) in [5, 5.41) is 3.22. The average Bonchev–Trinajstić information content (AvgIpc) is 2.59. The maximum Gasteiger partial charge on any atom is 0.253 e. The van der Waals surface area contributed by atoms with E-state index in [1.165, 1.54) is 36.8 Å². The van der Waals surface area contributed by atoms with E-state index in [9.17, 15) is 4.79 Å². The highest BCUT2D eigenvalue weighted by Gasteiger charge is 2.24. The normalized spacial score (nSPS) is 18.2. The van der Waals surface area contributed by atoms with E-state index in [1.54, 1.807) is 0 Å². The van der Waals surface area contributed by atoms with Crippen LogP contribution in [0.15, 0.2) is 18.2 Å². The van der Waals surface area contributed by atoms with E-state index in [0.717, 1.165) is 50.4 Å². The number of benzene rings is 1. The lowest BCUT2D eigenvalue weighted by Crippen LogP contribution is -2.39. The second-order valence-electron chi connectivity index (χ2n) is 6.82. The lowest BCUT2D eigenvalue weighted by molar-refractivity contribution is 0.0687. The molecule has 128 valence electrons. The fourth-order valence-electron chi connectivity index (χ4n) is 3.82. The van der Waals surface area contributed by atoms with Crippen molar-refractivity contribution in [2.45, 2.75) is 44.9 Å². The van der Waals surface area contributed by atoms with E-state index >= 15 is 0 Å². The van der Waals surface area contributed by atoms with Gasteiger partial charge in [0.05, 0.1) is 0 Å². The van der Waals surface area contributed by atoms with Crippen LogP contribution in [0.2, 0.25) is 0 Å². The Morgan fingerprint density at radius 3 is 2.57 bits per heavy atom. The summed E-state index contributed by atoms with van der Waals surface area (Å²) in [6.45, 7) is 2.93. The number of rotatable bonds is 4. The molecule has 2 aliphatic rings. The number of fused-ring (bicyclic) bond motifs is 1. The molecule has 0 unspecified atom stereocenters. The minimum absolute atomic E-state index is 0. The minimum Gasteiger partial charge on any atom is -0.339 e. The molecule has 1 heterocycles. The van der Waals surface area contributed by atoms with Gasteiger partial charge >= 0.3 is 0 Å². The molecular formula is C19H29ClN2O. The Bertz CT molecular complexity index is 524. The standard InChI is InChI=1S/C19H28N2O.ClH/c1-20-11-8-15-9-12-21(13-10-15)19(22)18-7-6-16-4-2-3-5-17(16)14-18;/h6-7,14-15,20H,2-5,8-13H2,1H3;1H. The lowest BCUT2D eigenvalue weighted by Gasteiger charge is -2.32. The van der Waals surface area contributed by atoms with Crippen LogP contribution in [0.5, 0.6) is 0 Å². The van der Waals surface area contributed by atoms with Gasteiger partial charge in [-0.1, -0.05) is 6.07 Å². The second-order valence-corrected chi connectivity index (χ2v) is 6.82. The third kappa shape index (κ3) is 4.48. The van der Waals surface area contributed by atoms with Crippen LogP contribution in [-0.4, -0.2) is 37.5 Å². The van der Waals surface area contributed by atoms with Gasteiger partial charge in [-0.2, -0.15) is 0 Å². The molecule has 3 rings (SSSR count). The van der Waals surface area contributed by atoms with Crippen LogP contribution < -0.4 is 5.32 Å². The predicted molar refractivity (Wildman–Crippen MR) is 97.5 cm³/mol. The van der Waals surface area contributed by atoms with Crippen molar-refractivity contribution in [3.63, 3.8) is 0 Å². The van der Waals surface area contributed by atoms with Crippen molar-refractivity contribution < 1.29 is 4.79 Å². The van der Waals surface area contributed by atoms with Gasteiger partial charge in [-0.3, -0.25) is 4.79 Å². The highest BCUT2D eigenvalue weighted by atomic mass is 35.5. The molecule has 0 spiro atoms. The summed E-state index contributed by atoms with van der Waals surface area (Å²) in [6.07, 6.45) is 8.42. The molecule has 23 heavy (non-hydrogen) atoms. The van der Waals surface area contributed by atoms with Gasteiger partial charge in [-0.15, -0.1) is 12.4 Å².